The largest absolute Gasteiger partial charge is 0.122 e. The smallest absolute Gasteiger partial charge is 0.0105 e. The van der Waals surface area contributed by atoms with Gasteiger partial charge in [-0.15, -0.1) is 11.8 Å². The van der Waals surface area contributed by atoms with E-state index in [9.17, 15) is 0 Å². The Morgan fingerprint density at radius 3 is 2.52 bits per heavy atom. The Labute approximate surface area is 135 Å². The molecule has 2 rings (SSSR count). The molecule has 0 N–H and O–H groups in total. The minimum atomic E-state index is 0.724. The van der Waals surface area contributed by atoms with E-state index in [1.807, 2.05) is 0 Å². The van der Waals surface area contributed by atoms with E-state index in [1.54, 1.807) is 0 Å². The van der Waals surface area contributed by atoms with Crippen LogP contribution < -0.4 is 0 Å². The van der Waals surface area contributed by atoms with Gasteiger partial charge in [0.2, 0.25) is 0 Å². The van der Waals surface area contributed by atoms with E-state index in [1.165, 1.54) is 49.0 Å². The van der Waals surface area contributed by atoms with Crippen LogP contribution in [0.1, 0.15) is 64.9 Å². The Bertz CT molecular complexity index is 434. The maximum Gasteiger partial charge on any atom is 0.0105 e. The van der Waals surface area contributed by atoms with Gasteiger partial charge in [0.1, 0.15) is 0 Å². The Kier molecular flexibility index (Phi) is 6.89. The highest BCUT2D eigenvalue weighted by atomic mass is 32.2. The molecule has 0 saturated heterocycles. The van der Waals surface area contributed by atoms with Crippen molar-refractivity contribution in [3.05, 3.63) is 42.0 Å². The lowest BCUT2D eigenvalue weighted by Gasteiger charge is -2.28. The van der Waals surface area contributed by atoms with Crippen molar-refractivity contribution in [1.82, 2.24) is 0 Å². The van der Waals surface area contributed by atoms with Crippen LogP contribution in [0.4, 0.5) is 0 Å². The summed E-state index contributed by atoms with van der Waals surface area (Å²) >= 11 is 2.08. The third kappa shape index (κ3) is 5.21. The maximum atomic E-state index is 2.44. The molecule has 21 heavy (non-hydrogen) atoms. The molecule has 0 bridgehead atoms. The SMILES string of the molecule is C/C=C(\SC(C)C1CCCCC(C)CC1)c1ccccc1. The summed E-state index contributed by atoms with van der Waals surface area (Å²) in [5.74, 6) is 1.82. The van der Waals surface area contributed by atoms with Gasteiger partial charge in [0, 0.05) is 10.2 Å². The van der Waals surface area contributed by atoms with Gasteiger partial charge >= 0.3 is 0 Å². The topological polar surface area (TPSA) is 0 Å². The Morgan fingerprint density at radius 2 is 1.81 bits per heavy atom. The second-order valence-corrected chi connectivity index (χ2v) is 7.99. The lowest BCUT2D eigenvalue weighted by Crippen LogP contribution is -2.17. The van der Waals surface area contributed by atoms with Crippen LogP contribution in [0, 0.1) is 11.8 Å². The highest BCUT2D eigenvalue weighted by Crippen LogP contribution is 2.38. The zero-order chi connectivity index (χ0) is 15.1. The molecular weight excluding hydrogens is 272 g/mol. The lowest BCUT2D eigenvalue weighted by molar-refractivity contribution is 0.325. The summed E-state index contributed by atoms with van der Waals surface area (Å²) in [6.45, 7) is 7.04. The van der Waals surface area contributed by atoms with Crippen LogP contribution >= 0.6 is 11.8 Å². The fourth-order valence-electron chi connectivity index (χ4n) is 3.36. The van der Waals surface area contributed by atoms with E-state index in [-0.39, 0.29) is 0 Å². The summed E-state index contributed by atoms with van der Waals surface area (Å²) in [5.41, 5.74) is 1.37. The normalized spacial score (nSPS) is 26.0. The van der Waals surface area contributed by atoms with E-state index in [4.69, 9.17) is 0 Å². The van der Waals surface area contributed by atoms with Crippen molar-refractivity contribution in [2.75, 3.05) is 0 Å². The lowest BCUT2D eigenvalue weighted by atomic mass is 9.85. The Balaban J connectivity index is 1.97. The zero-order valence-electron chi connectivity index (χ0n) is 13.8. The van der Waals surface area contributed by atoms with Crippen LogP contribution in [0.3, 0.4) is 0 Å². The number of thioether (sulfide) groups is 1. The minimum Gasteiger partial charge on any atom is -0.122 e. The van der Waals surface area contributed by atoms with Crippen molar-refractivity contribution in [3.8, 4) is 0 Å². The Morgan fingerprint density at radius 1 is 1.10 bits per heavy atom. The van der Waals surface area contributed by atoms with E-state index in [0.717, 1.165) is 17.1 Å². The summed E-state index contributed by atoms with van der Waals surface area (Å²) in [7, 11) is 0. The minimum absolute atomic E-state index is 0.724. The average molecular weight is 303 g/mol. The van der Waals surface area contributed by atoms with Crippen molar-refractivity contribution in [2.45, 2.75) is 64.5 Å². The van der Waals surface area contributed by atoms with Gasteiger partial charge in [0.15, 0.2) is 0 Å². The second kappa shape index (κ2) is 8.68. The fraction of sp³-hybridized carbons (Fsp3) is 0.600. The van der Waals surface area contributed by atoms with Crippen LogP contribution in [-0.2, 0) is 0 Å². The van der Waals surface area contributed by atoms with Crippen molar-refractivity contribution in [2.24, 2.45) is 11.8 Å². The van der Waals surface area contributed by atoms with Crippen molar-refractivity contribution >= 4 is 16.7 Å². The van der Waals surface area contributed by atoms with Gasteiger partial charge in [0.25, 0.3) is 0 Å². The van der Waals surface area contributed by atoms with Gasteiger partial charge in [-0.2, -0.15) is 0 Å². The molecule has 116 valence electrons. The zero-order valence-corrected chi connectivity index (χ0v) is 14.7. The molecule has 3 unspecified atom stereocenters. The quantitative estimate of drug-likeness (QED) is 0.591. The summed E-state index contributed by atoms with van der Waals surface area (Å²) < 4.78 is 0. The highest BCUT2D eigenvalue weighted by Gasteiger charge is 2.21. The molecule has 1 aliphatic rings. The first-order chi connectivity index (χ1) is 10.2. The molecule has 1 aliphatic carbocycles. The molecule has 1 fully saturated rings. The first kappa shape index (κ1) is 16.7. The Hall–Kier alpha value is -0.690. The third-order valence-corrected chi connectivity index (χ3v) is 6.33. The van der Waals surface area contributed by atoms with E-state index >= 15 is 0 Å². The first-order valence-electron chi connectivity index (χ1n) is 8.59. The average Bonchev–Trinajstić information content (AvgIpc) is 2.49. The van der Waals surface area contributed by atoms with Gasteiger partial charge in [0.05, 0.1) is 0 Å². The van der Waals surface area contributed by atoms with Crippen LogP contribution in [0.15, 0.2) is 36.4 Å². The summed E-state index contributed by atoms with van der Waals surface area (Å²) in [5, 5.41) is 0.724. The van der Waals surface area contributed by atoms with Gasteiger partial charge in [-0.05, 0) is 37.2 Å². The fourth-order valence-corrected chi connectivity index (χ4v) is 4.63. The van der Waals surface area contributed by atoms with E-state index in [0.29, 0.717) is 0 Å². The van der Waals surface area contributed by atoms with Gasteiger partial charge in [-0.3, -0.25) is 0 Å². The van der Waals surface area contributed by atoms with Crippen molar-refractivity contribution in [1.29, 1.82) is 0 Å². The van der Waals surface area contributed by atoms with Gasteiger partial charge in [-0.25, -0.2) is 0 Å². The maximum absolute atomic E-state index is 2.44. The molecule has 1 aromatic rings. The number of allylic oxidation sites excluding steroid dienone is 1. The monoisotopic (exact) mass is 302 g/mol. The predicted molar refractivity (Wildman–Crippen MR) is 97.5 cm³/mol. The van der Waals surface area contributed by atoms with E-state index < -0.39 is 0 Å². The summed E-state index contributed by atoms with van der Waals surface area (Å²) in [6, 6.07) is 10.8. The highest BCUT2D eigenvalue weighted by molar-refractivity contribution is 8.08. The molecule has 3 atom stereocenters. The molecule has 1 heteroatoms. The molecule has 0 amide bonds. The molecule has 1 aromatic carbocycles. The number of benzene rings is 1. The molecule has 0 radical (unpaired) electrons. The number of hydrogen-bond acceptors (Lipinski definition) is 1. The number of hydrogen-bond donors (Lipinski definition) is 0. The first-order valence-corrected chi connectivity index (χ1v) is 9.47. The molecule has 0 spiro atoms. The molecule has 0 aliphatic heterocycles. The molecule has 0 heterocycles. The summed E-state index contributed by atoms with van der Waals surface area (Å²) in [4.78, 5) is 1.44. The van der Waals surface area contributed by atoms with Crippen molar-refractivity contribution in [3.63, 3.8) is 0 Å². The second-order valence-electron chi connectivity index (χ2n) is 6.57. The third-order valence-electron chi connectivity index (χ3n) is 4.85. The molecule has 0 nitrogen and oxygen atoms in total. The standard InChI is InChI=1S/C20H30S/c1-4-20(19-12-6-5-7-13-19)21-17(3)18-11-9-8-10-16(2)14-15-18/h4-7,12-13,16-18H,8-11,14-15H2,1-3H3/b20-4-. The van der Waals surface area contributed by atoms with Crippen LogP contribution in [0.5, 0.6) is 0 Å². The molecular formula is C20H30S. The van der Waals surface area contributed by atoms with Crippen molar-refractivity contribution < 1.29 is 0 Å². The van der Waals surface area contributed by atoms with Gasteiger partial charge < -0.3 is 0 Å². The van der Waals surface area contributed by atoms with Crippen LogP contribution in [-0.4, -0.2) is 5.25 Å². The van der Waals surface area contributed by atoms with Crippen LogP contribution in [0.25, 0.3) is 4.91 Å². The molecule has 1 saturated carbocycles. The summed E-state index contributed by atoms with van der Waals surface area (Å²) in [6.07, 6.45) is 10.8. The predicted octanol–water partition coefficient (Wildman–Crippen LogP) is 6.78. The van der Waals surface area contributed by atoms with E-state index in [2.05, 4.69) is 68.9 Å². The van der Waals surface area contributed by atoms with Gasteiger partial charge in [-0.1, -0.05) is 75.9 Å². The number of rotatable bonds is 4. The van der Waals surface area contributed by atoms with Crippen LogP contribution in [0.2, 0.25) is 0 Å². The molecule has 0 aromatic heterocycles.